The molecule has 4 heteroatoms. The molecule has 3 rings (SSSR count). The zero-order valence-corrected chi connectivity index (χ0v) is 11.7. The number of benzene rings is 2. The van der Waals surface area contributed by atoms with Gasteiger partial charge in [0.2, 0.25) is 0 Å². The molecule has 0 amide bonds. The Balaban J connectivity index is 1.76. The molecule has 0 radical (unpaired) electrons. The summed E-state index contributed by atoms with van der Waals surface area (Å²) in [5, 5.41) is 3.91. The van der Waals surface area contributed by atoms with E-state index in [4.69, 9.17) is 16.3 Å². The number of para-hydroxylation sites is 1. The van der Waals surface area contributed by atoms with Crippen molar-refractivity contribution in [3.63, 3.8) is 0 Å². The van der Waals surface area contributed by atoms with Gasteiger partial charge in [0, 0.05) is 18.7 Å². The van der Waals surface area contributed by atoms with Crippen LogP contribution in [0.5, 0.6) is 11.5 Å². The van der Waals surface area contributed by atoms with Crippen molar-refractivity contribution >= 4 is 17.4 Å². The zero-order chi connectivity index (χ0) is 13.8. The topological polar surface area (TPSA) is 33.6 Å². The van der Waals surface area contributed by atoms with Gasteiger partial charge in [-0.2, -0.15) is 0 Å². The highest BCUT2D eigenvalue weighted by Crippen LogP contribution is 2.28. The van der Waals surface area contributed by atoms with Gasteiger partial charge in [-0.15, -0.1) is 0 Å². The monoisotopic (exact) mass is 286 g/mol. The lowest BCUT2D eigenvalue weighted by atomic mass is 10.1. The molecule has 0 aromatic heterocycles. The molecule has 0 saturated heterocycles. The highest BCUT2D eigenvalue weighted by atomic mass is 35.5. The average Bonchev–Trinajstić information content (AvgIpc) is 2.51. The summed E-state index contributed by atoms with van der Waals surface area (Å²) in [6.45, 7) is 1.87. The Morgan fingerprint density at radius 2 is 1.85 bits per heavy atom. The fraction of sp³-hybridized carbons (Fsp3) is 0.188. The molecular formula is C16H15ClN2O. The van der Waals surface area contributed by atoms with Crippen molar-refractivity contribution in [2.45, 2.75) is 6.42 Å². The molecular weight excluding hydrogens is 272 g/mol. The molecule has 1 heterocycles. The Morgan fingerprint density at radius 1 is 1.05 bits per heavy atom. The molecule has 1 N–H and O–H groups in total. The smallest absolute Gasteiger partial charge is 0.146 e. The number of hydrogen-bond acceptors (Lipinski definition) is 3. The molecule has 0 saturated carbocycles. The largest absolute Gasteiger partial charge is 0.456 e. The lowest BCUT2D eigenvalue weighted by molar-refractivity contribution is 0.483. The molecule has 1 aliphatic heterocycles. The predicted octanol–water partition coefficient (Wildman–Crippen LogP) is 3.87. The number of amidine groups is 1. The van der Waals surface area contributed by atoms with Crippen molar-refractivity contribution in [3.05, 3.63) is 59.1 Å². The first kappa shape index (κ1) is 13.0. The fourth-order valence-corrected chi connectivity index (χ4v) is 2.24. The Kier molecular flexibility index (Phi) is 3.88. The fourth-order valence-electron chi connectivity index (χ4n) is 2.06. The summed E-state index contributed by atoms with van der Waals surface area (Å²) in [7, 11) is 0. The van der Waals surface area contributed by atoms with E-state index in [1.165, 1.54) is 0 Å². The van der Waals surface area contributed by atoms with Gasteiger partial charge >= 0.3 is 0 Å². The van der Waals surface area contributed by atoms with Gasteiger partial charge in [0.05, 0.1) is 5.02 Å². The number of nitrogens with one attached hydrogen (secondary N) is 1. The number of aliphatic imine (C=N–C) groups is 1. The maximum absolute atomic E-state index is 6.07. The molecule has 0 aliphatic carbocycles. The van der Waals surface area contributed by atoms with E-state index in [9.17, 15) is 0 Å². The highest BCUT2D eigenvalue weighted by molar-refractivity contribution is 6.32. The molecule has 0 fully saturated rings. The predicted molar refractivity (Wildman–Crippen MR) is 82.0 cm³/mol. The Bertz CT molecular complexity index is 623. The lowest BCUT2D eigenvalue weighted by Crippen LogP contribution is -2.30. The van der Waals surface area contributed by atoms with Crippen molar-refractivity contribution < 1.29 is 4.74 Å². The Labute approximate surface area is 123 Å². The van der Waals surface area contributed by atoms with E-state index in [0.717, 1.165) is 36.7 Å². The van der Waals surface area contributed by atoms with Crippen LogP contribution in [0.1, 0.15) is 12.0 Å². The van der Waals surface area contributed by atoms with Crippen molar-refractivity contribution in [3.8, 4) is 11.5 Å². The van der Waals surface area contributed by atoms with Crippen LogP contribution >= 0.6 is 11.6 Å². The van der Waals surface area contributed by atoms with Gasteiger partial charge in [0.15, 0.2) is 0 Å². The van der Waals surface area contributed by atoms with E-state index in [-0.39, 0.29) is 0 Å². The molecule has 20 heavy (non-hydrogen) atoms. The van der Waals surface area contributed by atoms with Crippen LogP contribution in [-0.2, 0) is 0 Å². The summed E-state index contributed by atoms with van der Waals surface area (Å²) in [6, 6.07) is 15.3. The van der Waals surface area contributed by atoms with Crippen LogP contribution < -0.4 is 10.1 Å². The highest BCUT2D eigenvalue weighted by Gasteiger charge is 2.07. The quantitative estimate of drug-likeness (QED) is 0.929. The molecule has 0 atom stereocenters. The first-order valence-corrected chi connectivity index (χ1v) is 7.02. The van der Waals surface area contributed by atoms with Crippen LogP contribution in [0.4, 0.5) is 0 Å². The molecule has 0 bridgehead atoms. The van der Waals surface area contributed by atoms with Crippen LogP contribution in [0.15, 0.2) is 53.5 Å². The van der Waals surface area contributed by atoms with Crippen molar-refractivity contribution in [2.75, 3.05) is 13.1 Å². The van der Waals surface area contributed by atoms with Gasteiger partial charge in [-0.25, -0.2) is 0 Å². The van der Waals surface area contributed by atoms with Crippen molar-refractivity contribution in [1.29, 1.82) is 0 Å². The molecule has 102 valence electrons. The van der Waals surface area contributed by atoms with E-state index < -0.39 is 0 Å². The first-order valence-electron chi connectivity index (χ1n) is 6.64. The van der Waals surface area contributed by atoms with Gasteiger partial charge in [-0.3, -0.25) is 4.99 Å². The third-order valence-corrected chi connectivity index (χ3v) is 3.40. The molecule has 1 aliphatic rings. The Morgan fingerprint density at radius 3 is 2.55 bits per heavy atom. The average molecular weight is 287 g/mol. The molecule has 3 nitrogen and oxygen atoms in total. The van der Waals surface area contributed by atoms with E-state index in [1.54, 1.807) is 0 Å². The number of rotatable bonds is 3. The summed E-state index contributed by atoms with van der Waals surface area (Å²) in [4.78, 5) is 4.47. The third kappa shape index (κ3) is 2.94. The molecule has 2 aromatic carbocycles. The van der Waals surface area contributed by atoms with Crippen LogP contribution in [-0.4, -0.2) is 18.9 Å². The normalized spacial score (nSPS) is 14.3. The Hall–Kier alpha value is -2.00. The van der Waals surface area contributed by atoms with Crippen LogP contribution in [0, 0.1) is 0 Å². The third-order valence-electron chi connectivity index (χ3n) is 3.09. The SMILES string of the molecule is Clc1ccccc1Oc1ccc(C2=NCCCN2)cc1. The molecule has 0 spiro atoms. The van der Waals surface area contributed by atoms with Crippen LogP contribution in [0.3, 0.4) is 0 Å². The van der Waals surface area contributed by atoms with Gasteiger partial charge in [0.25, 0.3) is 0 Å². The summed E-state index contributed by atoms with van der Waals surface area (Å²) in [5.74, 6) is 2.38. The van der Waals surface area contributed by atoms with Gasteiger partial charge in [-0.05, 0) is 42.8 Å². The van der Waals surface area contributed by atoms with Crippen molar-refractivity contribution in [1.82, 2.24) is 5.32 Å². The second kappa shape index (κ2) is 5.97. The lowest BCUT2D eigenvalue weighted by Gasteiger charge is -2.15. The first-order chi connectivity index (χ1) is 9.83. The number of nitrogens with zero attached hydrogens (tertiary/aromatic N) is 1. The van der Waals surface area contributed by atoms with E-state index >= 15 is 0 Å². The maximum Gasteiger partial charge on any atom is 0.146 e. The second-order valence-corrected chi connectivity index (χ2v) is 4.97. The van der Waals surface area contributed by atoms with Crippen LogP contribution in [0.2, 0.25) is 5.02 Å². The number of ether oxygens (including phenoxy) is 1. The van der Waals surface area contributed by atoms with Crippen LogP contribution in [0.25, 0.3) is 0 Å². The minimum Gasteiger partial charge on any atom is -0.456 e. The van der Waals surface area contributed by atoms with E-state index in [1.807, 2.05) is 48.5 Å². The summed E-state index contributed by atoms with van der Waals surface area (Å²) < 4.78 is 5.76. The molecule has 2 aromatic rings. The van der Waals surface area contributed by atoms with Crippen molar-refractivity contribution in [2.24, 2.45) is 4.99 Å². The maximum atomic E-state index is 6.07. The zero-order valence-electron chi connectivity index (χ0n) is 11.0. The second-order valence-electron chi connectivity index (χ2n) is 4.57. The summed E-state index contributed by atoms with van der Waals surface area (Å²) >= 11 is 6.07. The summed E-state index contributed by atoms with van der Waals surface area (Å²) in [5.41, 5.74) is 1.08. The van der Waals surface area contributed by atoms with Gasteiger partial charge in [-0.1, -0.05) is 23.7 Å². The van der Waals surface area contributed by atoms with E-state index in [0.29, 0.717) is 10.8 Å². The van der Waals surface area contributed by atoms with E-state index in [2.05, 4.69) is 10.3 Å². The molecule has 0 unspecified atom stereocenters. The van der Waals surface area contributed by atoms with Gasteiger partial charge in [0.1, 0.15) is 17.3 Å². The number of halogens is 1. The minimum atomic E-state index is 0.606. The van der Waals surface area contributed by atoms with Gasteiger partial charge < -0.3 is 10.1 Å². The summed E-state index contributed by atoms with van der Waals surface area (Å²) in [6.07, 6.45) is 1.09. The minimum absolute atomic E-state index is 0.606. The standard InChI is InChI=1S/C16H15ClN2O/c17-14-4-1-2-5-15(14)20-13-8-6-12(7-9-13)16-18-10-3-11-19-16/h1-2,4-9H,3,10-11H2,(H,18,19). The number of hydrogen-bond donors (Lipinski definition) is 1.